The number of carbonyl (C=O) groups excluding carboxylic acids is 1. The molecule has 8 heteroatoms. The quantitative estimate of drug-likeness (QED) is 0.398. The van der Waals surface area contributed by atoms with Gasteiger partial charge in [-0.15, -0.1) is 0 Å². The fraction of sp³-hybridized carbons (Fsp3) is 0.259. The highest BCUT2D eigenvalue weighted by Gasteiger charge is 2.23. The zero-order valence-corrected chi connectivity index (χ0v) is 20.3. The molecule has 5 aromatic rings. The average Bonchev–Trinajstić information content (AvgIpc) is 3.33. The number of rotatable bonds is 6. The second-order valence-electron chi connectivity index (χ2n) is 8.92. The highest BCUT2D eigenvalue weighted by Crippen LogP contribution is 2.26. The summed E-state index contributed by atoms with van der Waals surface area (Å²) in [6, 6.07) is 17.3. The van der Waals surface area contributed by atoms with Gasteiger partial charge >= 0.3 is 0 Å². The number of aromatic amines is 1. The van der Waals surface area contributed by atoms with E-state index in [1.165, 1.54) is 0 Å². The molecule has 5 rings (SSSR count). The van der Waals surface area contributed by atoms with Gasteiger partial charge in [0.2, 0.25) is 5.91 Å². The Morgan fingerprint density at radius 1 is 1.06 bits per heavy atom. The number of H-pyrrole nitrogens is 1. The van der Waals surface area contributed by atoms with Crippen molar-refractivity contribution in [3.8, 4) is 0 Å². The number of hydrogen-bond donors (Lipinski definition) is 2. The van der Waals surface area contributed by atoms with Crippen LogP contribution in [-0.2, 0) is 25.3 Å². The van der Waals surface area contributed by atoms with Gasteiger partial charge in [0.25, 0.3) is 5.56 Å². The number of hydrogen-bond acceptors (Lipinski definition) is 4. The molecule has 2 N–H and O–H groups in total. The number of imidazole rings is 1. The molecule has 8 nitrogen and oxygen atoms in total. The van der Waals surface area contributed by atoms with Gasteiger partial charge in [-0.3, -0.25) is 14.3 Å². The van der Waals surface area contributed by atoms with Crippen LogP contribution in [0.25, 0.3) is 22.1 Å². The lowest BCUT2D eigenvalue weighted by molar-refractivity contribution is -0.121. The van der Waals surface area contributed by atoms with Crippen LogP contribution >= 0.6 is 0 Å². The zero-order chi connectivity index (χ0) is 24.7. The first-order valence-electron chi connectivity index (χ1n) is 11.7. The van der Waals surface area contributed by atoms with Gasteiger partial charge < -0.3 is 14.9 Å². The summed E-state index contributed by atoms with van der Waals surface area (Å²) in [5.41, 5.74) is 5.68. The normalized spacial score (nSPS) is 12.3. The maximum Gasteiger partial charge on any atom is 0.253 e. The predicted octanol–water partition coefficient (Wildman–Crippen LogP) is 3.60. The Morgan fingerprint density at radius 2 is 1.77 bits per heavy atom. The molecule has 0 saturated heterocycles. The molecular weight excluding hydrogens is 440 g/mol. The van der Waals surface area contributed by atoms with Crippen LogP contribution in [0.15, 0.2) is 59.4 Å². The topological polar surface area (TPSA) is 97.6 Å². The Balaban J connectivity index is 1.43. The van der Waals surface area contributed by atoms with Crippen molar-refractivity contribution in [1.29, 1.82) is 0 Å². The summed E-state index contributed by atoms with van der Waals surface area (Å²) in [5, 5.41) is 8.52. The van der Waals surface area contributed by atoms with Crippen LogP contribution in [-0.4, -0.2) is 30.2 Å². The standard InChI is InChI=1S/C27H28N6O2/c1-16-19(27(35)30-25-23(16)17(2)31-33(25)4)14-15-22(34)29-24(18-10-6-5-7-11-18)26-28-20-12-8-9-13-21(20)32(26)3/h5-13,24H,14-15H2,1-4H3,(H,29,34)(H,30,35). The molecular formula is C27H28N6O2. The Kier molecular flexibility index (Phi) is 5.72. The Labute approximate surface area is 202 Å². The molecule has 0 aliphatic rings. The second kappa shape index (κ2) is 8.87. The van der Waals surface area contributed by atoms with Crippen molar-refractivity contribution < 1.29 is 4.79 Å². The first-order valence-corrected chi connectivity index (χ1v) is 11.7. The minimum Gasteiger partial charge on any atom is -0.342 e. The summed E-state index contributed by atoms with van der Waals surface area (Å²) in [7, 11) is 3.77. The van der Waals surface area contributed by atoms with E-state index in [0.717, 1.165) is 39.1 Å². The van der Waals surface area contributed by atoms with Crippen molar-refractivity contribution in [2.45, 2.75) is 32.7 Å². The number of nitrogens with one attached hydrogen (secondary N) is 2. The lowest BCUT2D eigenvalue weighted by Gasteiger charge is -2.19. The summed E-state index contributed by atoms with van der Waals surface area (Å²) >= 11 is 0. The number of carbonyl (C=O) groups is 1. The Morgan fingerprint density at radius 3 is 2.51 bits per heavy atom. The summed E-state index contributed by atoms with van der Waals surface area (Å²) in [6.45, 7) is 3.84. The molecule has 2 aromatic carbocycles. The van der Waals surface area contributed by atoms with Crippen LogP contribution < -0.4 is 10.9 Å². The Hall–Kier alpha value is -4.20. The number of aryl methyl sites for hydroxylation is 4. The fourth-order valence-corrected chi connectivity index (χ4v) is 4.89. The molecule has 178 valence electrons. The largest absolute Gasteiger partial charge is 0.342 e. The molecule has 35 heavy (non-hydrogen) atoms. The van der Waals surface area contributed by atoms with Crippen molar-refractivity contribution in [2.24, 2.45) is 14.1 Å². The first kappa shape index (κ1) is 22.6. The maximum absolute atomic E-state index is 13.2. The van der Waals surface area contributed by atoms with E-state index in [1.807, 2.05) is 87.1 Å². The third-order valence-electron chi connectivity index (χ3n) is 6.68. The molecule has 3 heterocycles. The summed E-state index contributed by atoms with van der Waals surface area (Å²) in [5.74, 6) is 0.611. The molecule has 3 aromatic heterocycles. The van der Waals surface area contributed by atoms with Gasteiger partial charge in [-0.2, -0.15) is 5.10 Å². The molecule has 1 unspecified atom stereocenters. The van der Waals surface area contributed by atoms with Gasteiger partial charge in [-0.1, -0.05) is 42.5 Å². The van der Waals surface area contributed by atoms with E-state index in [9.17, 15) is 9.59 Å². The van der Waals surface area contributed by atoms with E-state index in [-0.39, 0.29) is 17.9 Å². The number of aromatic nitrogens is 5. The predicted molar refractivity (Wildman–Crippen MR) is 136 cm³/mol. The number of para-hydroxylation sites is 2. The van der Waals surface area contributed by atoms with E-state index >= 15 is 0 Å². The van der Waals surface area contributed by atoms with Crippen LogP contribution in [0, 0.1) is 13.8 Å². The molecule has 0 fully saturated rings. The molecule has 0 saturated carbocycles. The molecule has 1 amide bonds. The number of nitrogens with zero attached hydrogens (tertiary/aromatic N) is 4. The number of amides is 1. The van der Waals surface area contributed by atoms with Gasteiger partial charge in [0.1, 0.15) is 17.5 Å². The van der Waals surface area contributed by atoms with E-state index in [4.69, 9.17) is 4.98 Å². The lowest BCUT2D eigenvalue weighted by Crippen LogP contribution is -2.31. The maximum atomic E-state index is 13.2. The summed E-state index contributed by atoms with van der Waals surface area (Å²) < 4.78 is 3.69. The van der Waals surface area contributed by atoms with E-state index in [0.29, 0.717) is 17.6 Å². The van der Waals surface area contributed by atoms with Crippen LogP contribution in [0.5, 0.6) is 0 Å². The van der Waals surface area contributed by atoms with E-state index < -0.39 is 6.04 Å². The summed E-state index contributed by atoms with van der Waals surface area (Å²) in [6.07, 6.45) is 0.517. The van der Waals surface area contributed by atoms with Crippen LogP contribution in [0.3, 0.4) is 0 Å². The highest BCUT2D eigenvalue weighted by molar-refractivity contribution is 5.83. The third kappa shape index (κ3) is 4.01. The average molecular weight is 469 g/mol. The van der Waals surface area contributed by atoms with Crippen LogP contribution in [0.2, 0.25) is 0 Å². The highest BCUT2D eigenvalue weighted by atomic mass is 16.1. The minimum atomic E-state index is -0.413. The SMILES string of the molecule is Cc1nn(C)c2[nH]c(=O)c(CCC(=O)NC(c3ccccc3)c3nc4ccccc4n3C)c(C)c12. The smallest absolute Gasteiger partial charge is 0.253 e. The molecule has 1 atom stereocenters. The van der Waals surface area contributed by atoms with E-state index in [1.54, 1.807) is 4.68 Å². The van der Waals surface area contributed by atoms with Crippen molar-refractivity contribution in [3.05, 3.63) is 93.2 Å². The van der Waals surface area contributed by atoms with Crippen molar-refractivity contribution >= 4 is 28.0 Å². The number of benzene rings is 2. The van der Waals surface area contributed by atoms with Crippen molar-refractivity contribution in [1.82, 2.24) is 29.6 Å². The van der Waals surface area contributed by atoms with Gasteiger partial charge in [-0.25, -0.2) is 4.98 Å². The monoisotopic (exact) mass is 468 g/mol. The Bertz CT molecular complexity index is 1610. The van der Waals surface area contributed by atoms with Crippen molar-refractivity contribution in [2.75, 3.05) is 0 Å². The molecule has 0 aliphatic heterocycles. The zero-order valence-electron chi connectivity index (χ0n) is 20.3. The molecule has 0 radical (unpaired) electrons. The van der Waals surface area contributed by atoms with Crippen molar-refractivity contribution in [3.63, 3.8) is 0 Å². The molecule has 0 aliphatic carbocycles. The van der Waals surface area contributed by atoms with Gasteiger partial charge in [0.15, 0.2) is 0 Å². The lowest BCUT2D eigenvalue weighted by atomic mass is 10.0. The van der Waals surface area contributed by atoms with Gasteiger partial charge in [-0.05, 0) is 43.5 Å². The molecule has 0 spiro atoms. The van der Waals surface area contributed by atoms with Gasteiger partial charge in [0.05, 0.1) is 16.7 Å². The van der Waals surface area contributed by atoms with E-state index in [2.05, 4.69) is 15.4 Å². The first-order chi connectivity index (χ1) is 16.8. The number of fused-ring (bicyclic) bond motifs is 2. The third-order valence-corrected chi connectivity index (χ3v) is 6.68. The summed E-state index contributed by atoms with van der Waals surface area (Å²) in [4.78, 5) is 33.7. The van der Waals surface area contributed by atoms with Crippen LogP contribution in [0.4, 0.5) is 0 Å². The second-order valence-corrected chi connectivity index (χ2v) is 8.92. The van der Waals surface area contributed by atoms with Gasteiger partial charge in [0, 0.05) is 31.5 Å². The minimum absolute atomic E-state index is 0.146. The van der Waals surface area contributed by atoms with Crippen LogP contribution in [0.1, 0.15) is 40.7 Å². The fourth-order valence-electron chi connectivity index (χ4n) is 4.89. The molecule has 0 bridgehead atoms. The number of pyridine rings is 1.